The number of benzene rings is 1. The first-order chi connectivity index (χ1) is 8.65. The van der Waals surface area contributed by atoms with Crippen LogP contribution in [0.15, 0.2) is 28.4 Å². The molecule has 0 bridgehead atoms. The molecule has 6 heteroatoms. The van der Waals surface area contributed by atoms with Crippen molar-refractivity contribution < 1.29 is 9.53 Å². The SMILES string of the molecule is O=C(OCc1cc(I)cc(I)c1)C1CCN=NC1. The Hall–Kier alpha value is -0.250. The summed E-state index contributed by atoms with van der Waals surface area (Å²) in [6, 6.07) is 6.13. The predicted octanol–water partition coefficient (Wildman–Crippen LogP) is 3.41. The van der Waals surface area contributed by atoms with Crippen LogP contribution in [-0.2, 0) is 16.1 Å². The van der Waals surface area contributed by atoms with Crippen molar-refractivity contribution in [3.8, 4) is 0 Å². The summed E-state index contributed by atoms with van der Waals surface area (Å²) < 4.78 is 7.63. The molecule has 1 aromatic rings. The average molecular weight is 470 g/mol. The summed E-state index contributed by atoms with van der Waals surface area (Å²) in [6.45, 7) is 1.42. The molecule has 0 aromatic heterocycles. The molecule has 4 nitrogen and oxygen atoms in total. The minimum Gasteiger partial charge on any atom is -0.461 e. The molecule has 1 aliphatic rings. The smallest absolute Gasteiger partial charge is 0.311 e. The third-order valence-corrected chi connectivity index (χ3v) is 3.86. The Balaban J connectivity index is 1.90. The van der Waals surface area contributed by atoms with Crippen molar-refractivity contribution in [2.24, 2.45) is 16.1 Å². The van der Waals surface area contributed by atoms with Crippen LogP contribution in [0, 0.1) is 13.1 Å². The lowest BCUT2D eigenvalue weighted by Gasteiger charge is -2.15. The number of azo groups is 1. The summed E-state index contributed by atoms with van der Waals surface area (Å²) in [5, 5.41) is 7.75. The normalized spacial score (nSPS) is 18.7. The topological polar surface area (TPSA) is 51.0 Å². The summed E-state index contributed by atoms with van der Waals surface area (Å²) in [5.41, 5.74) is 1.03. The molecule has 0 fully saturated rings. The number of esters is 1. The molecule has 0 saturated heterocycles. The summed E-state index contributed by atoms with van der Waals surface area (Å²) in [5.74, 6) is -0.285. The number of nitrogens with zero attached hydrogens (tertiary/aromatic N) is 2. The van der Waals surface area contributed by atoms with Crippen LogP contribution in [0.4, 0.5) is 0 Å². The molecule has 0 saturated carbocycles. The largest absolute Gasteiger partial charge is 0.461 e. The Bertz CT molecular complexity index is 457. The minimum atomic E-state index is -0.164. The average Bonchev–Trinajstić information content (AvgIpc) is 2.36. The number of rotatable bonds is 3. The summed E-state index contributed by atoms with van der Waals surface area (Å²) in [7, 11) is 0. The second-order valence-electron chi connectivity index (χ2n) is 4.06. The monoisotopic (exact) mass is 470 g/mol. The molecular formula is C12H12I2N2O2. The second kappa shape index (κ2) is 6.78. The van der Waals surface area contributed by atoms with Crippen molar-refractivity contribution in [3.63, 3.8) is 0 Å². The Morgan fingerprint density at radius 3 is 2.61 bits per heavy atom. The van der Waals surface area contributed by atoms with Crippen LogP contribution in [0.2, 0.25) is 0 Å². The van der Waals surface area contributed by atoms with Gasteiger partial charge >= 0.3 is 5.97 Å². The lowest BCUT2D eigenvalue weighted by molar-refractivity contribution is -0.149. The van der Waals surface area contributed by atoms with E-state index in [1.807, 2.05) is 12.1 Å². The second-order valence-corrected chi connectivity index (χ2v) is 6.55. The number of hydrogen-bond acceptors (Lipinski definition) is 4. The molecule has 1 aliphatic heterocycles. The fourth-order valence-electron chi connectivity index (χ4n) is 1.69. The molecule has 1 aromatic carbocycles. The lowest BCUT2D eigenvalue weighted by Crippen LogP contribution is -2.23. The highest BCUT2D eigenvalue weighted by Crippen LogP contribution is 2.17. The van der Waals surface area contributed by atoms with Gasteiger partial charge < -0.3 is 4.74 Å². The molecule has 0 N–H and O–H groups in total. The van der Waals surface area contributed by atoms with Crippen molar-refractivity contribution in [3.05, 3.63) is 30.9 Å². The van der Waals surface area contributed by atoms with Crippen molar-refractivity contribution in [2.75, 3.05) is 13.1 Å². The lowest BCUT2D eigenvalue weighted by atomic mass is 10.1. The molecular weight excluding hydrogens is 458 g/mol. The van der Waals surface area contributed by atoms with E-state index in [0.717, 1.165) is 19.1 Å². The Morgan fingerprint density at radius 1 is 1.28 bits per heavy atom. The van der Waals surface area contributed by atoms with Crippen LogP contribution in [0.3, 0.4) is 0 Å². The molecule has 0 radical (unpaired) electrons. The van der Waals surface area contributed by atoms with Crippen molar-refractivity contribution >= 4 is 51.2 Å². The van der Waals surface area contributed by atoms with Crippen molar-refractivity contribution in [1.82, 2.24) is 0 Å². The highest BCUT2D eigenvalue weighted by Gasteiger charge is 2.21. The number of hydrogen-bond donors (Lipinski definition) is 0. The number of ether oxygens (including phenoxy) is 1. The van der Waals surface area contributed by atoms with Crippen LogP contribution in [0.1, 0.15) is 12.0 Å². The van der Waals surface area contributed by atoms with Crippen LogP contribution in [0.5, 0.6) is 0 Å². The highest BCUT2D eigenvalue weighted by molar-refractivity contribution is 14.1. The third-order valence-electron chi connectivity index (χ3n) is 2.62. The van der Waals surface area contributed by atoms with Gasteiger partial charge in [0.05, 0.1) is 19.0 Å². The molecule has 0 amide bonds. The van der Waals surface area contributed by atoms with Gasteiger partial charge in [0.2, 0.25) is 0 Å². The zero-order chi connectivity index (χ0) is 13.0. The maximum atomic E-state index is 11.8. The van der Waals surface area contributed by atoms with Gasteiger partial charge in [0.25, 0.3) is 0 Å². The van der Waals surface area contributed by atoms with Gasteiger partial charge in [0, 0.05) is 7.14 Å². The predicted molar refractivity (Wildman–Crippen MR) is 84.4 cm³/mol. The zero-order valence-corrected chi connectivity index (χ0v) is 13.9. The van der Waals surface area contributed by atoms with Crippen LogP contribution in [0.25, 0.3) is 0 Å². The van der Waals surface area contributed by atoms with Gasteiger partial charge in [0.1, 0.15) is 6.61 Å². The van der Waals surface area contributed by atoms with E-state index in [4.69, 9.17) is 4.74 Å². The first kappa shape index (κ1) is 14.2. The van der Waals surface area contributed by atoms with Gasteiger partial charge in [0.15, 0.2) is 0 Å². The summed E-state index contributed by atoms with van der Waals surface area (Å²) in [6.07, 6.45) is 0.742. The van der Waals surface area contributed by atoms with Crippen molar-refractivity contribution in [2.45, 2.75) is 13.0 Å². The third kappa shape index (κ3) is 4.15. The molecule has 0 spiro atoms. The first-order valence-electron chi connectivity index (χ1n) is 5.60. The molecule has 0 aliphatic carbocycles. The number of halogens is 2. The van der Waals surface area contributed by atoms with E-state index in [0.29, 0.717) is 19.7 Å². The molecule has 1 unspecified atom stereocenters. The maximum Gasteiger partial charge on any atom is 0.311 e. The van der Waals surface area contributed by atoms with E-state index >= 15 is 0 Å². The van der Waals surface area contributed by atoms with Crippen LogP contribution < -0.4 is 0 Å². The van der Waals surface area contributed by atoms with Gasteiger partial charge in [-0.25, -0.2) is 0 Å². The van der Waals surface area contributed by atoms with Gasteiger partial charge in [-0.3, -0.25) is 4.79 Å². The standard InChI is InChI=1S/C12H12I2N2O2/c13-10-3-8(4-11(14)5-10)7-18-12(17)9-1-2-15-16-6-9/h3-5,9H,1-2,6-7H2. The summed E-state index contributed by atoms with van der Waals surface area (Å²) >= 11 is 4.52. The molecule has 1 heterocycles. The zero-order valence-electron chi connectivity index (χ0n) is 9.60. The van der Waals surface area contributed by atoms with Crippen molar-refractivity contribution in [1.29, 1.82) is 0 Å². The number of carbonyl (C=O) groups excluding carboxylic acids is 1. The van der Waals surface area contributed by atoms with Crippen LogP contribution in [-0.4, -0.2) is 19.1 Å². The van der Waals surface area contributed by atoms with Gasteiger partial charge in [-0.05, 0) is 75.4 Å². The van der Waals surface area contributed by atoms with E-state index in [1.54, 1.807) is 0 Å². The van der Waals surface area contributed by atoms with E-state index in [1.165, 1.54) is 0 Å². The highest BCUT2D eigenvalue weighted by atomic mass is 127. The Labute approximate surface area is 133 Å². The maximum absolute atomic E-state index is 11.8. The minimum absolute atomic E-state index is 0.121. The Kier molecular flexibility index (Phi) is 5.34. The quantitative estimate of drug-likeness (QED) is 0.503. The fraction of sp³-hybridized carbons (Fsp3) is 0.417. The van der Waals surface area contributed by atoms with Gasteiger partial charge in [-0.1, -0.05) is 0 Å². The molecule has 1 atom stereocenters. The number of carbonyl (C=O) groups is 1. The molecule has 18 heavy (non-hydrogen) atoms. The fourth-order valence-corrected chi connectivity index (χ4v) is 3.76. The van der Waals surface area contributed by atoms with Gasteiger partial charge in [-0.15, -0.1) is 0 Å². The first-order valence-corrected chi connectivity index (χ1v) is 7.76. The van der Waals surface area contributed by atoms with E-state index < -0.39 is 0 Å². The van der Waals surface area contributed by atoms with Gasteiger partial charge in [-0.2, -0.15) is 10.2 Å². The summed E-state index contributed by atoms with van der Waals surface area (Å²) in [4.78, 5) is 11.8. The Morgan fingerprint density at radius 2 is 2.00 bits per heavy atom. The van der Waals surface area contributed by atoms with E-state index in [9.17, 15) is 4.79 Å². The van der Waals surface area contributed by atoms with E-state index in [2.05, 4.69) is 61.5 Å². The molecule has 2 rings (SSSR count). The molecule has 96 valence electrons. The van der Waals surface area contributed by atoms with Crippen LogP contribution >= 0.6 is 45.2 Å². The van der Waals surface area contributed by atoms with E-state index in [-0.39, 0.29) is 11.9 Å².